The molecule has 0 aromatic carbocycles. The largest absolute Gasteiger partial charge is 0.330 e. The van der Waals surface area contributed by atoms with E-state index in [0.29, 0.717) is 6.04 Å². The van der Waals surface area contributed by atoms with Crippen molar-refractivity contribution in [2.75, 3.05) is 39.3 Å². The van der Waals surface area contributed by atoms with E-state index in [0.717, 1.165) is 13.0 Å². The second-order valence-corrected chi connectivity index (χ2v) is 6.64. The Balaban J connectivity index is 2.16. The molecule has 0 aliphatic carbocycles. The minimum atomic E-state index is 0.712. The van der Waals surface area contributed by atoms with Gasteiger partial charge in [0.25, 0.3) is 0 Å². The van der Waals surface area contributed by atoms with Gasteiger partial charge in [0.15, 0.2) is 0 Å². The normalized spacial score (nSPS) is 19.6. The lowest BCUT2D eigenvalue weighted by Gasteiger charge is -2.29. The molecule has 1 saturated heterocycles. The Labute approximate surface area is 133 Å². The molecule has 1 atom stereocenters. The first kappa shape index (κ1) is 18.9. The van der Waals surface area contributed by atoms with Gasteiger partial charge in [-0.05, 0) is 51.9 Å². The average Bonchev–Trinajstić information content (AvgIpc) is 2.74. The minimum absolute atomic E-state index is 0.712. The Bertz CT molecular complexity index is 233. The lowest BCUT2D eigenvalue weighted by atomic mass is 10.1. The van der Waals surface area contributed by atoms with E-state index < -0.39 is 0 Å². The van der Waals surface area contributed by atoms with E-state index in [4.69, 9.17) is 5.73 Å². The smallest absolute Gasteiger partial charge is 0.0112 e. The van der Waals surface area contributed by atoms with Crippen molar-refractivity contribution < 1.29 is 0 Å². The zero-order valence-electron chi connectivity index (χ0n) is 14.7. The topological polar surface area (TPSA) is 32.5 Å². The number of hydrogen-bond donors (Lipinski definition) is 1. The van der Waals surface area contributed by atoms with E-state index in [1.54, 1.807) is 0 Å². The molecule has 0 aromatic rings. The Morgan fingerprint density at radius 2 is 1.67 bits per heavy atom. The molecule has 3 heteroatoms. The van der Waals surface area contributed by atoms with Crippen LogP contribution in [0.3, 0.4) is 0 Å². The van der Waals surface area contributed by atoms with Gasteiger partial charge in [-0.25, -0.2) is 0 Å². The quantitative estimate of drug-likeness (QED) is 0.593. The van der Waals surface area contributed by atoms with Gasteiger partial charge in [-0.15, -0.1) is 0 Å². The lowest BCUT2D eigenvalue weighted by Crippen LogP contribution is -2.39. The molecule has 0 amide bonds. The van der Waals surface area contributed by atoms with Crippen LogP contribution in [0.5, 0.6) is 0 Å². The number of nitrogens with two attached hydrogens (primary N) is 1. The Morgan fingerprint density at radius 1 is 0.905 bits per heavy atom. The third kappa shape index (κ3) is 8.18. The molecular formula is C18H39N3. The van der Waals surface area contributed by atoms with E-state index in [2.05, 4.69) is 23.6 Å². The van der Waals surface area contributed by atoms with Gasteiger partial charge in [-0.1, -0.05) is 46.0 Å². The first-order valence-corrected chi connectivity index (χ1v) is 9.48. The van der Waals surface area contributed by atoms with Crippen LogP contribution in [0.15, 0.2) is 0 Å². The Kier molecular flexibility index (Phi) is 11.2. The van der Waals surface area contributed by atoms with Crippen LogP contribution in [-0.2, 0) is 0 Å². The zero-order valence-corrected chi connectivity index (χ0v) is 14.7. The highest BCUT2D eigenvalue weighted by atomic mass is 15.2. The standard InChI is InChI=1S/C18H39N3/c1-3-5-6-7-8-9-13-20-14-10-15-21(17-16-20)18(4-2)11-12-19/h18H,3-17,19H2,1-2H3. The van der Waals surface area contributed by atoms with Crippen LogP contribution in [0.1, 0.15) is 71.6 Å². The van der Waals surface area contributed by atoms with Crippen molar-refractivity contribution in [1.82, 2.24) is 9.80 Å². The van der Waals surface area contributed by atoms with E-state index in [1.165, 1.54) is 84.1 Å². The van der Waals surface area contributed by atoms with Gasteiger partial charge in [-0.2, -0.15) is 0 Å². The van der Waals surface area contributed by atoms with Crippen LogP contribution in [0.2, 0.25) is 0 Å². The summed E-state index contributed by atoms with van der Waals surface area (Å²) in [6, 6.07) is 0.712. The SMILES string of the molecule is CCCCCCCCN1CCCN(C(CC)CCN)CC1. The monoisotopic (exact) mass is 297 g/mol. The molecule has 3 nitrogen and oxygen atoms in total. The number of unbranched alkanes of at least 4 members (excludes halogenated alkanes) is 5. The van der Waals surface area contributed by atoms with Crippen molar-refractivity contribution in [3.8, 4) is 0 Å². The molecule has 1 aliphatic heterocycles. The van der Waals surface area contributed by atoms with Crippen LogP contribution in [0.4, 0.5) is 0 Å². The number of nitrogens with zero attached hydrogens (tertiary/aromatic N) is 2. The summed E-state index contributed by atoms with van der Waals surface area (Å²) in [7, 11) is 0. The van der Waals surface area contributed by atoms with Crippen molar-refractivity contribution in [1.29, 1.82) is 0 Å². The maximum atomic E-state index is 5.76. The van der Waals surface area contributed by atoms with Gasteiger partial charge in [0.1, 0.15) is 0 Å². The predicted octanol–water partition coefficient (Wildman–Crippen LogP) is 3.48. The first-order chi connectivity index (χ1) is 10.3. The molecule has 1 unspecified atom stereocenters. The third-order valence-electron chi connectivity index (χ3n) is 4.94. The summed E-state index contributed by atoms with van der Waals surface area (Å²) >= 11 is 0. The lowest BCUT2D eigenvalue weighted by molar-refractivity contribution is 0.185. The molecule has 1 fully saturated rings. The van der Waals surface area contributed by atoms with E-state index in [9.17, 15) is 0 Å². The highest BCUT2D eigenvalue weighted by molar-refractivity contribution is 4.76. The fraction of sp³-hybridized carbons (Fsp3) is 1.00. The molecule has 0 bridgehead atoms. The minimum Gasteiger partial charge on any atom is -0.330 e. The highest BCUT2D eigenvalue weighted by Crippen LogP contribution is 2.13. The van der Waals surface area contributed by atoms with Gasteiger partial charge >= 0.3 is 0 Å². The molecular weight excluding hydrogens is 258 g/mol. The average molecular weight is 298 g/mol. The van der Waals surface area contributed by atoms with Crippen molar-refractivity contribution in [3.05, 3.63) is 0 Å². The summed E-state index contributed by atoms with van der Waals surface area (Å²) in [6.07, 6.45) is 12.2. The second-order valence-electron chi connectivity index (χ2n) is 6.64. The zero-order chi connectivity index (χ0) is 15.3. The van der Waals surface area contributed by atoms with Crippen molar-refractivity contribution in [3.63, 3.8) is 0 Å². The summed E-state index contributed by atoms with van der Waals surface area (Å²) in [5.74, 6) is 0. The van der Waals surface area contributed by atoms with Crippen LogP contribution in [0, 0.1) is 0 Å². The van der Waals surface area contributed by atoms with Crippen molar-refractivity contribution in [2.45, 2.75) is 77.7 Å². The van der Waals surface area contributed by atoms with E-state index in [1.807, 2.05) is 0 Å². The molecule has 1 aliphatic rings. The van der Waals surface area contributed by atoms with Crippen LogP contribution < -0.4 is 5.73 Å². The molecule has 1 heterocycles. The Hall–Kier alpha value is -0.120. The van der Waals surface area contributed by atoms with E-state index >= 15 is 0 Å². The Morgan fingerprint density at radius 3 is 2.38 bits per heavy atom. The van der Waals surface area contributed by atoms with Gasteiger partial charge in [0.2, 0.25) is 0 Å². The molecule has 21 heavy (non-hydrogen) atoms. The number of hydrogen-bond acceptors (Lipinski definition) is 3. The summed E-state index contributed by atoms with van der Waals surface area (Å²) in [5, 5.41) is 0. The summed E-state index contributed by atoms with van der Waals surface area (Å²) < 4.78 is 0. The first-order valence-electron chi connectivity index (χ1n) is 9.48. The summed E-state index contributed by atoms with van der Waals surface area (Å²) in [5.41, 5.74) is 5.76. The third-order valence-corrected chi connectivity index (χ3v) is 4.94. The van der Waals surface area contributed by atoms with Gasteiger partial charge in [0, 0.05) is 19.1 Å². The molecule has 1 rings (SSSR count). The molecule has 0 radical (unpaired) electrons. The van der Waals surface area contributed by atoms with Crippen LogP contribution >= 0.6 is 0 Å². The van der Waals surface area contributed by atoms with Gasteiger partial charge in [-0.3, -0.25) is 4.90 Å². The molecule has 0 aromatic heterocycles. The molecule has 126 valence electrons. The van der Waals surface area contributed by atoms with Gasteiger partial charge in [0.05, 0.1) is 0 Å². The van der Waals surface area contributed by atoms with Crippen molar-refractivity contribution in [2.24, 2.45) is 5.73 Å². The second kappa shape index (κ2) is 12.4. The molecule has 0 saturated carbocycles. The maximum absolute atomic E-state index is 5.76. The fourth-order valence-electron chi connectivity index (χ4n) is 3.53. The highest BCUT2D eigenvalue weighted by Gasteiger charge is 2.20. The molecule has 2 N–H and O–H groups in total. The predicted molar refractivity (Wildman–Crippen MR) is 93.8 cm³/mol. The summed E-state index contributed by atoms with van der Waals surface area (Å²) in [4.78, 5) is 5.38. The van der Waals surface area contributed by atoms with Gasteiger partial charge < -0.3 is 10.6 Å². The van der Waals surface area contributed by atoms with Crippen molar-refractivity contribution >= 4 is 0 Å². The number of rotatable bonds is 11. The van der Waals surface area contributed by atoms with Crippen LogP contribution in [0.25, 0.3) is 0 Å². The van der Waals surface area contributed by atoms with E-state index in [-0.39, 0.29) is 0 Å². The molecule has 0 spiro atoms. The van der Waals surface area contributed by atoms with Crippen LogP contribution in [-0.4, -0.2) is 55.1 Å². The summed E-state index contributed by atoms with van der Waals surface area (Å²) in [6.45, 7) is 11.8. The maximum Gasteiger partial charge on any atom is 0.0112 e. The fourth-order valence-corrected chi connectivity index (χ4v) is 3.53.